The van der Waals surface area contributed by atoms with Gasteiger partial charge in [-0.1, -0.05) is 6.07 Å². The molecule has 1 fully saturated rings. The number of nitrogens with zero attached hydrogens (tertiary/aromatic N) is 2. The average Bonchev–Trinajstić information content (AvgIpc) is 3.04. The second kappa shape index (κ2) is 7.54. The van der Waals surface area contributed by atoms with Gasteiger partial charge in [-0.3, -0.25) is 9.59 Å². The summed E-state index contributed by atoms with van der Waals surface area (Å²) in [4.78, 5) is 29.4. The maximum absolute atomic E-state index is 12.9. The molecule has 146 valence electrons. The third-order valence-electron chi connectivity index (χ3n) is 5.44. The van der Waals surface area contributed by atoms with Crippen LogP contribution >= 0.6 is 0 Å². The maximum Gasteiger partial charge on any atom is 0.254 e. The molecule has 0 bridgehead atoms. The third kappa shape index (κ3) is 3.54. The topological polar surface area (TPSA) is 59.1 Å². The summed E-state index contributed by atoms with van der Waals surface area (Å²) in [6, 6.07) is 11.1. The molecule has 2 aromatic carbocycles. The number of fused-ring (bicyclic) bond motifs is 1. The summed E-state index contributed by atoms with van der Waals surface area (Å²) in [7, 11) is 0. The van der Waals surface area contributed by atoms with Crippen molar-refractivity contribution in [3.05, 3.63) is 58.7 Å². The van der Waals surface area contributed by atoms with Crippen LogP contribution in [-0.2, 0) is 0 Å². The van der Waals surface area contributed by atoms with Crippen LogP contribution in [0.25, 0.3) is 0 Å². The first-order chi connectivity index (χ1) is 13.5. The van der Waals surface area contributed by atoms with Crippen LogP contribution < -0.4 is 9.47 Å². The number of carbonyl (C=O) groups is 2. The Balaban J connectivity index is 1.44. The van der Waals surface area contributed by atoms with Crippen LogP contribution in [0.3, 0.4) is 0 Å². The Labute approximate surface area is 164 Å². The molecule has 0 aliphatic carbocycles. The summed E-state index contributed by atoms with van der Waals surface area (Å²) < 4.78 is 10.7. The number of aryl methyl sites for hydroxylation is 2. The quantitative estimate of drug-likeness (QED) is 0.804. The van der Waals surface area contributed by atoms with Gasteiger partial charge in [0.2, 0.25) is 6.79 Å². The van der Waals surface area contributed by atoms with Gasteiger partial charge in [0.05, 0.1) is 0 Å². The van der Waals surface area contributed by atoms with Crippen LogP contribution in [-0.4, -0.2) is 54.6 Å². The molecular formula is C22H24N2O4. The minimum absolute atomic E-state index is 0.0282. The first kappa shape index (κ1) is 18.3. The van der Waals surface area contributed by atoms with Crippen molar-refractivity contribution in [1.29, 1.82) is 0 Å². The molecule has 28 heavy (non-hydrogen) atoms. The summed E-state index contributed by atoms with van der Waals surface area (Å²) in [5.74, 6) is 1.25. The van der Waals surface area contributed by atoms with Crippen LogP contribution in [0.1, 0.15) is 38.3 Å². The van der Waals surface area contributed by atoms with Crippen molar-refractivity contribution < 1.29 is 19.1 Å². The molecule has 0 atom stereocenters. The minimum atomic E-state index is -0.0428. The van der Waals surface area contributed by atoms with Crippen molar-refractivity contribution in [3.63, 3.8) is 0 Å². The van der Waals surface area contributed by atoms with Crippen molar-refractivity contribution in [1.82, 2.24) is 9.80 Å². The molecule has 1 saturated heterocycles. The molecule has 2 aliphatic heterocycles. The van der Waals surface area contributed by atoms with Gasteiger partial charge in [0, 0.05) is 37.3 Å². The predicted octanol–water partition coefficient (Wildman–Crippen LogP) is 3.02. The van der Waals surface area contributed by atoms with E-state index in [1.54, 1.807) is 18.2 Å². The molecule has 2 amide bonds. The standard InChI is InChI=1S/C22H24N2O4/c1-15-4-5-17(12-16(15)2)21(25)23-8-3-9-24(11-10-23)22(26)18-6-7-19-20(13-18)28-14-27-19/h4-7,12-13H,3,8-11,14H2,1-2H3. The fraction of sp³-hybridized carbons (Fsp3) is 0.364. The zero-order valence-corrected chi connectivity index (χ0v) is 16.2. The maximum atomic E-state index is 12.9. The van der Waals surface area contributed by atoms with E-state index in [9.17, 15) is 9.59 Å². The molecule has 4 rings (SSSR count). The van der Waals surface area contributed by atoms with Gasteiger partial charge in [-0.05, 0) is 61.7 Å². The molecule has 0 aromatic heterocycles. The summed E-state index contributed by atoms with van der Waals surface area (Å²) in [5, 5.41) is 0. The zero-order chi connectivity index (χ0) is 19.7. The van der Waals surface area contributed by atoms with Gasteiger partial charge >= 0.3 is 0 Å². The summed E-state index contributed by atoms with van der Waals surface area (Å²) in [6.07, 6.45) is 0.757. The van der Waals surface area contributed by atoms with Crippen molar-refractivity contribution in [2.75, 3.05) is 33.0 Å². The highest BCUT2D eigenvalue weighted by molar-refractivity contribution is 5.96. The molecule has 0 N–H and O–H groups in total. The number of benzene rings is 2. The fourth-order valence-electron chi connectivity index (χ4n) is 3.59. The first-order valence-corrected chi connectivity index (χ1v) is 9.58. The van der Waals surface area contributed by atoms with Gasteiger partial charge in [-0.25, -0.2) is 0 Å². The second-order valence-corrected chi connectivity index (χ2v) is 7.31. The van der Waals surface area contributed by atoms with Gasteiger partial charge in [0.15, 0.2) is 11.5 Å². The first-order valence-electron chi connectivity index (χ1n) is 9.58. The molecule has 2 aliphatic rings. The highest BCUT2D eigenvalue weighted by Gasteiger charge is 2.25. The Bertz CT molecular complexity index is 925. The molecule has 2 aromatic rings. The van der Waals surface area contributed by atoms with Gasteiger partial charge in [-0.15, -0.1) is 0 Å². The molecule has 6 nitrogen and oxygen atoms in total. The average molecular weight is 380 g/mol. The number of amides is 2. The Kier molecular flexibility index (Phi) is 4.94. The van der Waals surface area contributed by atoms with E-state index in [1.165, 1.54) is 5.56 Å². The third-order valence-corrected chi connectivity index (χ3v) is 5.44. The summed E-state index contributed by atoms with van der Waals surface area (Å²) >= 11 is 0. The molecule has 6 heteroatoms. The Hall–Kier alpha value is -3.02. The fourth-order valence-corrected chi connectivity index (χ4v) is 3.59. The van der Waals surface area contributed by atoms with Gasteiger partial charge in [-0.2, -0.15) is 0 Å². The molecular weight excluding hydrogens is 356 g/mol. The van der Waals surface area contributed by atoms with Crippen LogP contribution in [0.5, 0.6) is 11.5 Å². The van der Waals surface area contributed by atoms with Crippen LogP contribution in [0, 0.1) is 13.8 Å². The number of rotatable bonds is 2. The number of hydrogen-bond acceptors (Lipinski definition) is 4. The van der Waals surface area contributed by atoms with E-state index in [4.69, 9.17) is 9.47 Å². The lowest BCUT2D eigenvalue weighted by atomic mass is 10.1. The Morgan fingerprint density at radius 3 is 2.04 bits per heavy atom. The van der Waals surface area contributed by atoms with Crippen molar-refractivity contribution in [2.24, 2.45) is 0 Å². The van der Waals surface area contributed by atoms with Crippen molar-refractivity contribution in [3.8, 4) is 11.5 Å². The summed E-state index contributed by atoms with van der Waals surface area (Å²) in [6.45, 7) is 6.56. The smallest absolute Gasteiger partial charge is 0.254 e. The Morgan fingerprint density at radius 1 is 0.750 bits per heavy atom. The predicted molar refractivity (Wildman–Crippen MR) is 105 cm³/mol. The Morgan fingerprint density at radius 2 is 1.36 bits per heavy atom. The lowest BCUT2D eigenvalue weighted by Crippen LogP contribution is -2.37. The molecule has 0 unspecified atom stereocenters. The SMILES string of the molecule is Cc1ccc(C(=O)N2CCCN(C(=O)c3ccc4c(c3)OCO4)CC2)cc1C. The van der Waals surface area contributed by atoms with E-state index in [1.807, 2.05) is 41.8 Å². The molecule has 0 saturated carbocycles. The van der Waals surface area contributed by atoms with E-state index in [0.717, 1.165) is 12.0 Å². The minimum Gasteiger partial charge on any atom is -0.454 e. The van der Waals surface area contributed by atoms with Crippen LogP contribution in [0.2, 0.25) is 0 Å². The highest BCUT2D eigenvalue weighted by atomic mass is 16.7. The molecule has 0 radical (unpaired) electrons. The van der Waals surface area contributed by atoms with Crippen LogP contribution in [0.4, 0.5) is 0 Å². The van der Waals surface area contributed by atoms with Crippen molar-refractivity contribution in [2.45, 2.75) is 20.3 Å². The van der Waals surface area contributed by atoms with Gasteiger partial charge in [0.1, 0.15) is 0 Å². The normalized spacial score (nSPS) is 16.1. The van der Waals surface area contributed by atoms with E-state index < -0.39 is 0 Å². The highest BCUT2D eigenvalue weighted by Crippen LogP contribution is 2.32. The lowest BCUT2D eigenvalue weighted by molar-refractivity contribution is 0.0718. The molecule has 2 heterocycles. The number of hydrogen-bond donors (Lipinski definition) is 0. The van der Waals surface area contributed by atoms with Crippen molar-refractivity contribution >= 4 is 11.8 Å². The number of carbonyl (C=O) groups excluding carboxylic acids is 2. The zero-order valence-electron chi connectivity index (χ0n) is 16.2. The van der Waals surface area contributed by atoms with E-state index in [-0.39, 0.29) is 18.6 Å². The largest absolute Gasteiger partial charge is 0.454 e. The van der Waals surface area contributed by atoms with Gasteiger partial charge < -0.3 is 19.3 Å². The molecule has 0 spiro atoms. The lowest BCUT2D eigenvalue weighted by Gasteiger charge is -2.22. The summed E-state index contributed by atoms with van der Waals surface area (Å²) in [5.41, 5.74) is 3.57. The van der Waals surface area contributed by atoms with Gasteiger partial charge in [0.25, 0.3) is 11.8 Å². The second-order valence-electron chi connectivity index (χ2n) is 7.31. The number of ether oxygens (including phenoxy) is 2. The van der Waals surface area contributed by atoms with E-state index in [0.29, 0.717) is 48.8 Å². The van der Waals surface area contributed by atoms with Crippen LogP contribution in [0.15, 0.2) is 36.4 Å². The van der Waals surface area contributed by atoms with E-state index >= 15 is 0 Å². The monoisotopic (exact) mass is 380 g/mol. The van der Waals surface area contributed by atoms with E-state index in [2.05, 4.69) is 0 Å².